The summed E-state index contributed by atoms with van der Waals surface area (Å²) in [5.41, 5.74) is 0. The van der Waals surface area contributed by atoms with Crippen molar-refractivity contribution in [1.29, 1.82) is 0 Å². The molecule has 0 aliphatic heterocycles. The topological polar surface area (TPSA) is 78.9 Å². The summed E-state index contributed by atoms with van der Waals surface area (Å²) in [5, 5.41) is 0. The van der Waals surface area contributed by atoms with Gasteiger partial charge in [-0.3, -0.25) is 14.4 Å². The summed E-state index contributed by atoms with van der Waals surface area (Å²) in [6, 6.07) is 0. The van der Waals surface area contributed by atoms with Crippen molar-refractivity contribution >= 4 is 17.9 Å². The molecular formula is C46H88O6. The number of unbranched alkanes of at least 4 members (excludes halogenated alkanes) is 22. The average molecular weight is 737 g/mol. The second-order valence-electron chi connectivity index (χ2n) is 17.1. The van der Waals surface area contributed by atoms with Crippen LogP contribution >= 0.6 is 0 Å². The lowest BCUT2D eigenvalue weighted by molar-refractivity contribution is -0.167. The fourth-order valence-electron chi connectivity index (χ4n) is 6.70. The summed E-state index contributed by atoms with van der Waals surface area (Å²) in [6.07, 6.45) is 33.9. The van der Waals surface area contributed by atoms with Gasteiger partial charge >= 0.3 is 17.9 Å². The highest BCUT2D eigenvalue weighted by atomic mass is 16.6. The molecule has 0 heterocycles. The van der Waals surface area contributed by atoms with E-state index in [0.717, 1.165) is 75.5 Å². The molecule has 308 valence electrons. The fraction of sp³-hybridized carbons (Fsp3) is 0.935. The summed E-state index contributed by atoms with van der Waals surface area (Å²) >= 11 is 0. The Morgan fingerprint density at radius 2 is 0.558 bits per heavy atom. The molecule has 52 heavy (non-hydrogen) atoms. The van der Waals surface area contributed by atoms with Crippen molar-refractivity contribution in [1.82, 2.24) is 0 Å². The Morgan fingerprint density at radius 3 is 0.827 bits per heavy atom. The third kappa shape index (κ3) is 39.6. The number of carbonyl (C=O) groups excluding carboxylic acids is 3. The minimum atomic E-state index is -0.762. The Bertz CT molecular complexity index is 807. The van der Waals surface area contributed by atoms with E-state index >= 15 is 0 Å². The molecule has 0 aromatic rings. The Labute approximate surface area is 323 Å². The highest BCUT2D eigenvalue weighted by Crippen LogP contribution is 2.16. The number of esters is 3. The molecule has 6 nitrogen and oxygen atoms in total. The lowest BCUT2D eigenvalue weighted by Gasteiger charge is -2.18. The van der Waals surface area contributed by atoms with Crippen LogP contribution < -0.4 is 0 Å². The molecule has 0 aliphatic carbocycles. The molecule has 0 rings (SSSR count). The number of rotatable bonds is 39. The first-order chi connectivity index (χ1) is 25.1. The maximum atomic E-state index is 12.7. The minimum absolute atomic E-state index is 0.0670. The van der Waals surface area contributed by atoms with Crippen LogP contribution in [0, 0.1) is 17.8 Å². The molecule has 6 heteroatoms. The third-order valence-electron chi connectivity index (χ3n) is 10.1. The maximum Gasteiger partial charge on any atom is 0.306 e. The molecule has 1 atom stereocenters. The molecule has 0 fully saturated rings. The maximum absolute atomic E-state index is 12.7. The van der Waals surface area contributed by atoms with E-state index in [1.807, 2.05) is 0 Å². The zero-order chi connectivity index (χ0) is 38.5. The van der Waals surface area contributed by atoms with Crippen molar-refractivity contribution in [3.05, 3.63) is 0 Å². The molecule has 0 spiro atoms. The highest BCUT2D eigenvalue weighted by molar-refractivity contribution is 5.71. The van der Waals surface area contributed by atoms with Crippen LogP contribution in [-0.4, -0.2) is 37.2 Å². The van der Waals surface area contributed by atoms with Crippen molar-refractivity contribution < 1.29 is 28.6 Å². The largest absolute Gasteiger partial charge is 0.462 e. The first-order valence-corrected chi connectivity index (χ1v) is 22.6. The van der Waals surface area contributed by atoms with Gasteiger partial charge in [0, 0.05) is 19.3 Å². The Hall–Kier alpha value is -1.59. The lowest BCUT2D eigenvalue weighted by atomic mass is 10.0. The second-order valence-corrected chi connectivity index (χ2v) is 17.1. The van der Waals surface area contributed by atoms with Gasteiger partial charge in [0.15, 0.2) is 6.10 Å². The molecule has 0 radical (unpaired) electrons. The van der Waals surface area contributed by atoms with Crippen LogP contribution in [0.15, 0.2) is 0 Å². The van der Waals surface area contributed by atoms with Crippen LogP contribution in [0.25, 0.3) is 0 Å². The zero-order valence-corrected chi connectivity index (χ0v) is 35.6. The van der Waals surface area contributed by atoms with Gasteiger partial charge < -0.3 is 14.2 Å². The second kappa shape index (κ2) is 37.7. The molecule has 0 unspecified atom stereocenters. The van der Waals surface area contributed by atoms with Crippen LogP contribution in [-0.2, 0) is 28.6 Å². The minimum Gasteiger partial charge on any atom is -0.462 e. The van der Waals surface area contributed by atoms with Gasteiger partial charge in [0.05, 0.1) is 0 Å². The van der Waals surface area contributed by atoms with Gasteiger partial charge in [-0.2, -0.15) is 0 Å². The predicted octanol–water partition coefficient (Wildman–Crippen LogP) is 14.0. The number of ether oxygens (including phenoxy) is 3. The van der Waals surface area contributed by atoms with Crippen molar-refractivity contribution in [2.45, 2.75) is 247 Å². The standard InChI is InChI=1S/C46H88O6/c1-40(2)32-26-20-14-10-7-8-12-17-25-31-37-46(49)52-43(39-51-45(48)36-30-24-19-18-22-28-34-42(5)6)38-50-44(47)35-29-23-16-13-9-11-15-21-27-33-41(3)4/h40-43H,7-39H2,1-6H3/t43-/m1/s1. The van der Waals surface area contributed by atoms with Crippen LogP contribution in [0.5, 0.6) is 0 Å². The highest BCUT2D eigenvalue weighted by Gasteiger charge is 2.19. The van der Waals surface area contributed by atoms with Gasteiger partial charge in [-0.25, -0.2) is 0 Å². The molecule has 0 saturated heterocycles. The van der Waals surface area contributed by atoms with E-state index in [1.54, 1.807) is 0 Å². The monoisotopic (exact) mass is 737 g/mol. The fourth-order valence-corrected chi connectivity index (χ4v) is 6.70. The van der Waals surface area contributed by atoms with Gasteiger partial charge in [0.2, 0.25) is 0 Å². The van der Waals surface area contributed by atoms with Gasteiger partial charge in [-0.15, -0.1) is 0 Å². The molecular weight excluding hydrogens is 648 g/mol. The van der Waals surface area contributed by atoms with E-state index in [1.165, 1.54) is 122 Å². The number of carbonyl (C=O) groups is 3. The molecule has 0 bridgehead atoms. The number of hydrogen-bond donors (Lipinski definition) is 0. The molecule has 0 aromatic carbocycles. The summed E-state index contributed by atoms with van der Waals surface area (Å²) in [7, 11) is 0. The lowest BCUT2D eigenvalue weighted by Crippen LogP contribution is -2.30. The Kier molecular flexibility index (Phi) is 36.6. The normalized spacial score (nSPS) is 12.2. The van der Waals surface area contributed by atoms with Crippen LogP contribution in [0.3, 0.4) is 0 Å². The van der Waals surface area contributed by atoms with Crippen molar-refractivity contribution in [2.75, 3.05) is 13.2 Å². The quantitative estimate of drug-likeness (QED) is 0.0355. The van der Waals surface area contributed by atoms with Crippen molar-refractivity contribution in [2.24, 2.45) is 17.8 Å². The predicted molar refractivity (Wildman–Crippen MR) is 219 cm³/mol. The molecule has 0 N–H and O–H groups in total. The van der Waals surface area contributed by atoms with E-state index in [2.05, 4.69) is 41.5 Å². The Morgan fingerprint density at radius 1 is 0.327 bits per heavy atom. The van der Waals surface area contributed by atoms with E-state index in [0.29, 0.717) is 19.3 Å². The molecule has 0 aliphatic rings. The van der Waals surface area contributed by atoms with E-state index in [9.17, 15) is 14.4 Å². The summed E-state index contributed by atoms with van der Waals surface area (Å²) in [4.78, 5) is 37.7. The van der Waals surface area contributed by atoms with Gasteiger partial charge in [0.1, 0.15) is 13.2 Å². The third-order valence-corrected chi connectivity index (χ3v) is 10.1. The number of hydrogen-bond acceptors (Lipinski definition) is 6. The first kappa shape index (κ1) is 50.4. The molecule has 0 amide bonds. The average Bonchev–Trinajstić information content (AvgIpc) is 3.09. The Balaban J connectivity index is 4.34. The molecule has 0 aromatic heterocycles. The summed E-state index contributed by atoms with van der Waals surface area (Å²) < 4.78 is 16.7. The van der Waals surface area contributed by atoms with E-state index in [4.69, 9.17) is 14.2 Å². The summed E-state index contributed by atoms with van der Waals surface area (Å²) in [5.74, 6) is 1.52. The van der Waals surface area contributed by atoms with Crippen LogP contribution in [0.1, 0.15) is 241 Å². The van der Waals surface area contributed by atoms with E-state index in [-0.39, 0.29) is 31.1 Å². The zero-order valence-electron chi connectivity index (χ0n) is 35.6. The smallest absolute Gasteiger partial charge is 0.306 e. The van der Waals surface area contributed by atoms with Gasteiger partial charge in [-0.05, 0) is 37.0 Å². The molecule has 0 saturated carbocycles. The van der Waals surface area contributed by atoms with Gasteiger partial charge in [0.25, 0.3) is 0 Å². The SMILES string of the molecule is CC(C)CCCCCCCCCCCCC(=O)O[C@H](COC(=O)CCCCCCCCCCCC(C)C)COC(=O)CCCCCCCCC(C)C. The van der Waals surface area contributed by atoms with E-state index < -0.39 is 6.10 Å². The van der Waals surface area contributed by atoms with Crippen molar-refractivity contribution in [3.63, 3.8) is 0 Å². The van der Waals surface area contributed by atoms with Crippen molar-refractivity contribution in [3.8, 4) is 0 Å². The van der Waals surface area contributed by atoms with Gasteiger partial charge in [-0.1, -0.05) is 202 Å². The summed E-state index contributed by atoms with van der Waals surface area (Å²) in [6.45, 7) is 13.6. The first-order valence-electron chi connectivity index (χ1n) is 22.6. The van der Waals surface area contributed by atoms with Crippen LogP contribution in [0.4, 0.5) is 0 Å². The van der Waals surface area contributed by atoms with Crippen LogP contribution in [0.2, 0.25) is 0 Å².